The summed E-state index contributed by atoms with van der Waals surface area (Å²) in [4.78, 5) is 16.3. The molecule has 0 bridgehead atoms. The van der Waals surface area contributed by atoms with Gasteiger partial charge in [0.1, 0.15) is 11.2 Å². The van der Waals surface area contributed by atoms with E-state index in [1.54, 1.807) is 0 Å². The van der Waals surface area contributed by atoms with Crippen LogP contribution in [0.15, 0.2) is 211 Å². The van der Waals surface area contributed by atoms with E-state index in [0.717, 1.165) is 71.2 Å². The third-order valence-corrected chi connectivity index (χ3v) is 14.2. The van der Waals surface area contributed by atoms with E-state index < -0.39 is 0 Å². The number of benzene rings is 10. The van der Waals surface area contributed by atoms with E-state index >= 15 is 0 Å². The molecule has 6 heteroatoms. The highest BCUT2D eigenvalue weighted by atomic mass is 32.1. The van der Waals surface area contributed by atoms with Crippen LogP contribution in [0.25, 0.3) is 136 Å². The zero-order valence-corrected chi connectivity index (χ0v) is 35.6. The summed E-state index contributed by atoms with van der Waals surface area (Å²) in [5.74, 6) is 1.70. The van der Waals surface area contributed by atoms with Crippen molar-refractivity contribution in [1.82, 2.24) is 19.5 Å². The van der Waals surface area contributed by atoms with Crippen molar-refractivity contribution in [2.45, 2.75) is 0 Å². The molecule has 5 nitrogen and oxygen atoms in total. The van der Waals surface area contributed by atoms with E-state index in [1.165, 1.54) is 47.8 Å². The summed E-state index contributed by atoms with van der Waals surface area (Å²) in [6.45, 7) is 0. The van der Waals surface area contributed by atoms with Crippen molar-refractivity contribution in [2.75, 3.05) is 0 Å². The van der Waals surface area contributed by atoms with E-state index in [1.807, 2.05) is 29.5 Å². The van der Waals surface area contributed by atoms with Gasteiger partial charge >= 0.3 is 0 Å². The van der Waals surface area contributed by atoms with Crippen molar-refractivity contribution in [1.29, 1.82) is 0 Å². The second-order valence-electron chi connectivity index (χ2n) is 16.7. The van der Waals surface area contributed by atoms with Gasteiger partial charge < -0.3 is 8.98 Å². The highest BCUT2D eigenvalue weighted by Crippen LogP contribution is 2.47. The SMILES string of the molecule is c1ccc(-c2cccc(-c3nc(-c4ccc5c(sc6ccccc65)c4-n4c5cc6ccccc6cc5c5c6ccccc6ccc54)nc(-c4cccc5c4oc4ccccc45)n3)c2)cc1. The van der Waals surface area contributed by atoms with Crippen LogP contribution in [0.1, 0.15) is 0 Å². The summed E-state index contributed by atoms with van der Waals surface area (Å²) >= 11 is 1.82. The maximum Gasteiger partial charge on any atom is 0.167 e. The van der Waals surface area contributed by atoms with Crippen LogP contribution < -0.4 is 0 Å². The zero-order chi connectivity index (χ0) is 42.6. The lowest BCUT2D eigenvalue weighted by molar-refractivity contribution is 0.669. The summed E-state index contributed by atoms with van der Waals surface area (Å²) in [5.41, 5.74) is 9.68. The molecule has 4 aromatic heterocycles. The van der Waals surface area contributed by atoms with Crippen molar-refractivity contribution in [3.63, 3.8) is 0 Å². The van der Waals surface area contributed by atoms with Gasteiger partial charge in [0.25, 0.3) is 0 Å². The Bertz CT molecular complexity index is 4260. The van der Waals surface area contributed by atoms with Crippen LogP contribution in [0.2, 0.25) is 0 Å². The molecule has 302 valence electrons. The molecule has 0 aliphatic carbocycles. The lowest BCUT2D eigenvalue weighted by atomic mass is 10.0. The Morgan fingerprint density at radius 1 is 0.385 bits per heavy atom. The van der Waals surface area contributed by atoms with E-state index in [9.17, 15) is 0 Å². The molecule has 14 aromatic rings. The van der Waals surface area contributed by atoms with Crippen LogP contribution in [0.4, 0.5) is 0 Å². The molecule has 4 heterocycles. The van der Waals surface area contributed by atoms with Crippen LogP contribution in [-0.4, -0.2) is 19.5 Å². The first-order valence-corrected chi connectivity index (χ1v) is 22.7. The quantitative estimate of drug-likeness (QED) is 0.173. The Morgan fingerprint density at radius 3 is 1.92 bits per heavy atom. The number of para-hydroxylation sites is 2. The molecule has 0 spiro atoms. The first-order valence-electron chi connectivity index (χ1n) is 21.8. The monoisotopic (exact) mass is 846 g/mol. The van der Waals surface area contributed by atoms with E-state index in [-0.39, 0.29) is 0 Å². The molecule has 0 atom stereocenters. The first kappa shape index (κ1) is 36.1. The number of fused-ring (bicyclic) bond motifs is 12. The van der Waals surface area contributed by atoms with Crippen LogP contribution >= 0.6 is 11.3 Å². The van der Waals surface area contributed by atoms with Gasteiger partial charge in [-0.3, -0.25) is 0 Å². The molecule has 0 saturated heterocycles. The highest BCUT2D eigenvalue weighted by molar-refractivity contribution is 7.26. The Kier molecular flexibility index (Phi) is 7.79. The van der Waals surface area contributed by atoms with Gasteiger partial charge in [-0.25, -0.2) is 15.0 Å². The summed E-state index contributed by atoms with van der Waals surface area (Å²) in [7, 11) is 0. The van der Waals surface area contributed by atoms with Gasteiger partial charge in [0, 0.05) is 48.1 Å². The normalized spacial score (nSPS) is 12.0. The maximum atomic E-state index is 6.64. The lowest BCUT2D eigenvalue weighted by Gasteiger charge is -2.16. The van der Waals surface area contributed by atoms with Gasteiger partial charge in [0.2, 0.25) is 0 Å². The number of hydrogen-bond donors (Lipinski definition) is 0. The average molecular weight is 847 g/mol. The molecule has 0 aliphatic rings. The first-order chi connectivity index (χ1) is 32.2. The topological polar surface area (TPSA) is 56.7 Å². The Labute approximate surface area is 376 Å². The van der Waals surface area contributed by atoms with Gasteiger partial charge in [-0.2, -0.15) is 0 Å². The van der Waals surface area contributed by atoms with Crippen LogP contribution in [0, 0.1) is 0 Å². The zero-order valence-electron chi connectivity index (χ0n) is 34.7. The van der Waals surface area contributed by atoms with Gasteiger partial charge in [-0.15, -0.1) is 11.3 Å². The summed E-state index contributed by atoms with van der Waals surface area (Å²) in [6, 6.07) is 73.3. The molecular formula is C59H34N4OS. The predicted molar refractivity (Wildman–Crippen MR) is 271 cm³/mol. The number of hydrogen-bond acceptors (Lipinski definition) is 5. The molecule has 0 N–H and O–H groups in total. The Hall–Kier alpha value is -8.45. The number of nitrogens with zero attached hydrogens (tertiary/aromatic N) is 4. The molecule has 14 rings (SSSR count). The fraction of sp³-hybridized carbons (Fsp3) is 0. The van der Waals surface area contributed by atoms with Gasteiger partial charge in [0.15, 0.2) is 17.5 Å². The average Bonchev–Trinajstić information content (AvgIpc) is 4.05. The molecule has 10 aromatic carbocycles. The van der Waals surface area contributed by atoms with Gasteiger partial charge in [-0.05, 0) is 81.2 Å². The molecule has 0 saturated carbocycles. The second kappa shape index (κ2) is 14.0. The standard InChI is InChI=1S/C59H34N4OS/c1-2-14-35(15-3-1)37-19-12-20-40(32-37)57-60-58(62-59(61-57)47-25-13-24-44-42-22-8-10-26-51(42)64-55(44)47)46-30-29-45-43-23-9-11-27-52(43)65-56(45)54(46)63-49-31-28-36-16-6-7-21-41(36)53(49)48-33-38-17-4-5-18-39(38)34-50(48)63/h1-34H. The van der Waals surface area contributed by atoms with E-state index in [2.05, 4.69) is 193 Å². The minimum absolute atomic E-state index is 0.543. The Morgan fingerprint density at radius 2 is 1.05 bits per heavy atom. The highest BCUT2D eigenvalue weighted by Gasteiger charge is 2.25. The molecule has 0 aliphatic heterocycles. The summed E-state index contributed by atoms with van der Waals surface area (Å²) < 4.78 is 11.5. The summed E-state index contributed by atoms with van der Waals surface area (Å²) in [5, 5.41) is 11.7. The molecule has 0 unspecified atom stereocenters. The Balaban J connectivity index is 1.12. The van der Waals surface area contributed by atoms with E-state index in [4.69, 9.17) is 19.4 Å². The molecule has 65 heavy (non-hydrogen) atoms. The number of furan rings is 1. The third kappa shape index (κ3) is 5.54. The predicted octanol–water partition coefficient (Wildman–Crippen LogP) is 16.2. The molecule has 0 fully saturated rings. The van der Waals surface area contributed by atoms with Crippen molar-refractivity contribution in [3.05, 3.63) is 206 Å². The van der Waals surface area contributed by atoms with Crippen molar-refractivity contribution in [2.24, 2.45) is 0 Å². The number of rotatable bonds is 5. The van der Waals surface area contributed by atoms with Crippen LogP contribution in [0.5, 0.6) is 0 Å². The molecular weight excluding hydrogens is 813 g/mol. The second-order valence-corrected chi connectivity index (χ2v) is 17.8. The van der Waals surface area contributed by atoms with Gasteiger partial charge in [-0.1, -0.05) is 158 Å². The summed E-state index contributed by atoms with van der Waals surface area (Å²) in [6.07, 6.45) is 0. The maximum absolute atomic E-state index is 6.64. The van der Waals surface area contributed by atoms with Crippen LogP contribution in [0.3, 0.4) is 0 Å². The smallest absolute Gasteiger partial charge is 0.167 e. The fourth-order valence-electron chi connectivity index (χ4n) is 10.0. The fourth-order valence-corrected chi connectivity index (χ4v) is 11.3. The van der Waals surface area contributed by atoms with Crippen molar-refractivity contribution >= 4 is 96.8 Å². The molecule has 0 amide bonds. The third-order valence-electron chi connectivity index (χ3n) is 13.0. The number of aromatic nitrogens is 4. The number of thiophene rings is 1. The largest absolute Gasteiger partial charge is 0.455 e. The minimum Gasteiger partial charge on any atom is -0.455 e. The van der Waals surface area contributed by atoms with Gasteiger partial charge in [0.05, 0.1) is 27.0 Å². The minimum atomic E-state index is 0.543. The van der Waals surface area contributed by atoms with Crippen molar-refractivity contribution in [3.8, 4) is 51.0 Å². The molecule has 0 radical (unpaired) electrons. The van der Waals surface area contributed by atoms with E-state index in [0.29, 0.717) is 17.5 Å². The van der Waals surface area contributed by atoms with Crippen LogP contribution in [-0.2, 0) is 0 Å². The van der Waals surface area contributed by atoms with Crippen molar-refractivity contribution < 1.29 is 4.42 Å². The lowest BCUT2D eigenvalue weighted by Crippen LogP contribution is -2.04.